The van der Waals surface area contributed by atoms with Crippen molar-refractivity contribution in [1.29, 1.82) is 0 Å². The van der Waals surface area contributed by atoms with Gasteiger partial charge >= 0.3 is 0 Å². The third-order valence-corrected chi connectivity index (χ3v) is 2.74. The highest BCUT2D eigenvalue weighted by Gasteiger charge is 2.12. The number of carbonyl (C=O) groups is 1. The molecule has 0 radical (unpaired) electrons. The van der Waals surface area contributed by atoms with Crippen LogP contribution in [0.3, 0.4) is 0 Å². The minimum absolute atomic E-state index is 0.0588. The van der Waals surface area contributed by atoms with Crippen LogP contribution in [0.1, 0.15) is 29.3 Å². The van der Waals surface area contributed by atoms with Gasteiger partial charge in [-0.05, 0) is 38.0 Å². The molecule has 0 bridgehead atoms. The van der Waals surface area contributed by atoms with Crippen LogP contribution in [-0.2, 0) is 0 Å². The summed E-state index contributed by atoms with van der Waals surface area (Å²) in [5, 5.41) is 11.8. The van der Waals surface area contributed by atoms with Crippen LogP contribution in [0.2, 0.25) is 5.02 Å². The predicted molar refractivity (Wildman–Crippen MR) is 71.4 cm³/mol. The smallest absolute Gasteiger partial charge is 0.251 e. The molecule has 2 N–H and O–H groups in total. The fourth-order valence-electron chi connectivity index (χ4n) is 1.54. The van der Waals surface area contributed by atoms with Gasteiger partial charge in [-0.3, -0.25) is 4.79 Å². The third-order valence-electron chi connectivity index (χ3n) is 2.44. The summed E-state index contributed by atoms with van der Waals surface area (Å²) in [5.41, 5.74) is 1.34. The van der Waals surface area contributed by atoms with Crippen molar-refractivity contribution in [3.05, 3.63) is 28.3 Å². The van der Waals surface area contributed by atoms with Crippen LogP contribution < -0.4 is 10.1 Å². The SMILES string of the molecule is CCOc1cc(C)c(C(=O)NCCCO)cc1Cl. The molecule has 4 nitrogen and oxygen atoms in total. The van der Waals surface area contributed by atoms with Gasteiger partial charge in [-0.2, -0.15) is 0 Å². The Morgan fingerprint density at radius 3 is 2.83 bits per heavy atom. The largest absolute Gasteiger partial charge is 0.492 e. The molecular weight excluding hydrogens is 254 g/mol. The maximum absolute atomic E-state index is 11.9. The van der Waals surface area contributed by atoms with Crippen molar-refractivity contribution >= 4 is 17.5 Å². The molecule has 0 heterocycles. The zero-order chi connectivity index (χ0) is 13.5. The summed E-state index contributed by atoms with van der Waals surface area (Å²) in [6.45, 7) is 4.74. The van der Waals surface area contributed by atoms with E-state index in [0.29, 0.717) is 35.9 Å². The van der Waals surface area contributed by atoms with Crippen LogP contribution in [0, 0.1) is 6.92 Å². The second-order valence-electron chi connectivity index (χ2n) is 3.86. The Morgan fingerprint density at radius 2 is 2.22 bits per heavy atom. The Labute approximate surface area is 112 Å². The van der Waals surface area contributed by atoms with Crippen molar-refractivity contribution in [2.75, 3.05) is 19.8 Å². The van der Waals surface area contributed by atoms with E-state index in [-0.39, 0.29) is 12.5 Å². The highest BCUT2D eigenvalue weighted by atomic mass is 35.5. The molecule has 1 rings (SSSR count). The molecule has 0 aliphatic rings. The Kier molecular flexibility index (Phi) is 5.95. The zero-order valence-electron chi connectivity index (χ0n) is 10.6. The van der Waals surface area contributed by atoms with E-state index in [2.05, 4.69) is 5.32 Å². The van der Waals surface area contributed by atoms with Crippen LogP contribution in [0.4, 0.5) is 0 Å². The Hall–Kier alpha value is -1.26. The van der Waals surface area contributed by atoms with Crippen molar-refractivity contribution in [2.45, 2.75) is 20.3 Å². The van der Waals surface area contributed by atoms with Crippen molar-refractivity contribution in [2.24, 2.45) is 0 Å². The third kappa shape index (κ3) is 3.89. The molecule has 0 aliphatic heterocycles. The maximum atomic E-state index is 11.9. The summed E-state index contributed by atoms with van der Waals surface area (Å²) in [6, 6.07) is 3.36. The van der Waals surface area contributed by atoms with Gasteiger partial charge in [0.25, 0.3) is 5.91 Å². The first kappa shape index (κ1) is 14.8. The quantitative estimate of drug-likeness (QED) is 0.780. The molecule has 0 spiro atoms. The van der Waals surface area contributed by atoms with Crippen LogP contribution in [0.15, 0.2) is 12.1 Å². The Balaban J connectivity index is 2.83. The number of amides is 1. The summed E-state index contributed by atoms with van der Waals surface area (Å²) >= 11 is 6.04. The highest BCUT2D eigenvalue weighted by Crippen LogP contribution is 2.28. The van der Waals surface area contributed by atoms with Gasteiger partial charge in [0.2, 0.25) is 0 Å². The van der Waals surface area contributed by atoms with Crippen LogP contribution in [0.25, 0.3) is 0 Å². The predicted octanol–water partition coefficient (Wildman–Crippen LogP) is 2.16. The lowest BCUT2D eigenvalue weighted by Gasteiger charge is -2.11. The fraction of sp³-hybridized carbons (Fsp3) is 0.462. The summed E-state index contributed by atoms with van der Waals surface area (Å²) < 4.78 is 5.35. The van der Waals surface area contributed by atoms with E-state index in [4.69, 9.17) is 21.4 Å². The molecule has 0 aliphatic carbocycles. The van der Waals surface area contributed by atoms with E-state index in [1.807, 2.05) is 13.8 Å². The van der Waals surface area contributed by atoms with E-state index in [1.54, 1.807) is 12.1 Å². The summed E-state index contributed by atoms with van der Waals surface area (Å²) in [6.07, 6.45) is 0.537. The van der Waals surface area contributed by atoms with Crippen LogP contribution in [-0.4, -0.2) is 30.8 Å². The molecule has 0 atom stereocenters. The first-order chi connectivity index (χ1) is 8.60. The molecule has 0 saturated heterocycles. The number of aliphatic hydroxyl groups excluding tert-OH is 1. The highest BCUT2D eigenvalue weighted by molar-refractivity contribution is 6.32. The normalized spacial score (nSPS) is 10.2. The van der Waals surface area contributed by atoms with E-state index >= 15 is 0 Å². The topological polar surface area (TPSA) is 58.6 Å². The first-order valence-electron chi connectivity index (χ1n) is 5.92. The lowest BCUT2D eigenvalue weighted by atomic mass is 10.1. The second-order valence-corrected chi connectivity index (χ2v) is 4.27. The molecular formula is C13H18ClNO3. The van der Waals surface area contributed by atoms with Gasteiger partial charge in [-0.25, -0.2) is 0 Å². The van der Waals surface area contributed by atoms with E-state index in [0.717, 1.165) is 5.56 Å². The number of aryl methyl sites for hydroxylation is 1. The van der Waals surface area contributed by atoms with E-state index < -0.39 is 0 Å². The van der Waals surface area contributed by atoms with Crippen molar-refractivity contribution < 1.29 is 14.6 Å². The van der Waals surface area contributed by atoms with Gasteiger partial charge in [-0.15, -0.1) is 0 Å². The van der Waals surface area contributed by atoms with Gasteiger partial charge in [0, 0.05) is 18.7 Å². The molecule has 1 amide bonds. The molecule has 1 aromatic carbocycles. The van der Waals surface area contributed by atoms with E-state index in [1.165, 1.54) is 0 Å². The number of ether oxygens (including phenoxy) is 1. The van der Waals surface area contributed by atoms with Crippen molar-refractivity contribution in [3.63, 3.8) is 0 Å². The van der Waals surface area contributed by atoms with Crippen molar-refractivity contribution in [3.8, 4) is 5.75 Å². The molecule has 0 unspecified atom stereocenters. The minimum atomic E-state index is -0.189. The van der Waals surface area contributed by atoms with Gasteiger partial charge in [0.15, 0.2) is 0 Å². The monoisotopic (exact) mass is 271 g/mol. The summed E-state index contributed by atoms with van der Waals surface area (Å²) in [7, 11) is 0. The first-order valence-corrected chi connectivity index (χ1v) is 6.30. The standard InChI is InChI=1S/C13H18ClNO3/c1-3-18-12-7-9(2)10(8-11(12)14)13(17)15-5-4-6-16/h7-8,16H,3-6H2,1-2H3,(H,15,17). The lowest BCUT2D eigenvalue weighted by Crippen LogP contribution is -2.25. The number of nitrogens with one attached hydrogen (secondary N) is 1. The van der Waals surface area contributed by atoms with Gasteiger partial charge < -0.3 is 15.2 Å². The summed E-state index contributed by atoms with van der Waals surface area (Å²) in [5.74, 6) is 0.398. The Morgan fingerprint density at radius 1 is 1.50 bits per heavy atom. The molecule has 5 heteroatoms. The van der Waals surface area contributed by atoms with E-state index in [9.17, 15) is 4.79 Å². The van der Waals surface area contributed by atoms with Gasteiger partial charge in [-0.1, -0.05) is 11.6 Å². The molecule has 1 aromatic rings. The molecule has 18 heavy (non-hydrogen) atoms. The number of hydrogen-bond acceptors (Lipinski definition) is 3. The van der Waals surface area contributed by atoms with Gasteiger partial charge in [0.1, 0.15) is 5.75 Å². The number of aliphatic hydroxyl groups is 1. The molecule has 100 valence electrons. The fourth-order valence-corrected chi connectivity index (χ4v) is 1.76. The zero-order valence-corrected chi connectivity index (χ0v) is 11.4. The van der Waals surface area contributed by atoms with Gasteiger partial charge in [0.05, 0.1) is 11.6 Å². The molecule has 0 fully saturated rings. The number of halogens is 1. The lowest BCUT2D eigenvalue weighted by molar-refractivity contribution is 0.0950. The Bertz CT molecular complexity index is 421. The van der Waals surface area contributed by atoms with Crippen LogP contribution in [0.5, 0.6) is 5.75 Å². The second kappa shape index (κ2) is 7.24. The number of rotatable bonds is 6. The average molecular weight is 272 g/mol. The van der Waals surface area contributed by atoms with Crippen LogP contribution >= 0.6 is 11.6 Å². The number of carbonyl (C=O) groups excluding carboxylic acids is 1. The minimum Gasteiger partial charge on any atom is -0.492 e. The summed E-state index contributed by atoms with van der Waals surface area (Å²) in [4.78, 5) is 11.9. The molecule has 0 saturated carbocycles. The number of hydrogen-bond donors (Lipinski definition) is 2. The number of benzene rings is 1. The maximum Gasteiger partial charge on any atom is 0.251 e. The molecule has 0 aromatic heterocycles. The van der Waals surface area contributed by atoms with Crippen molar-refractivity contribution in [1.82, 2.24) is 5.32 Å². The average Bonchev–Trinajstić information content (AvgIpc) is 2.34.